The van der Waals surface area contributed by atoms with Gasteiger partial charge in [0.15, 0.2) is 0 Å². The molecule has 26 heavy (non-hydrogen) atoms. The summed E-state index contributed by atoms with van der Waals surface area (Å²) in [5.41, 5.74) is 1.18. The molecule has 0 fully saturated rings. The van der Waals surface area contributed by atoms with Crippen LogP contribution in [-0.4, -0.2) is 25.7 Å². The number of hydrogen-bond acceptors (Lipinski definition) is 5. The van der Waals surface area contributed by atoms with Gasteiger partial charge in [-0.25, -0.2) is 13.1 Å². The van der Waals surface area contributed by atoms with Crippen LogP contribution in [0.25, 0.3) is 0 Å². The number of nitro groups is 1. The summed E-state index contributed by atoms with van der Waals surface area (Å²) < 4.78 is 27.6. The minimum Gasteiger partial charge on any atom is -0.287 e. The summed E-state index contributed by atoms with van der Waals surface area (Å²) >= 11 is 6.04. The number of halogens is 1. The van der Waals surface area contributed by atoms with Crippen LogP contribution in [0.4, 0.5) is 0 Å². The number of rotatable bonds is 7. The molecule has 0 heterocycles. The Morgan fingerprint density at radius 3 is 2.50 bits per heavy atom. The smallest absolute Gasteiger partial charge is 0.265 e. The van der Waals surface area contributed by atoms with E-state index in [9.17, 15) is 23.3 Å². The van der Waals surface area contributed by atoms with Gasteiger partial charge in [0.2, 0.25) is 15.8 Å². The molecule has 0 aliphatic rings. The van der Waals surface area contributed by atoms with E-state index in [1.165, 1.54) is 24.3 Å². The summed E-state index contributed by atoms with van der Waals surface area (Å²) in [6.07, 6.45) is 0. The number of ketones is 1. The Morgan fingerprint density at radius 1 is 1.27 bits per heavy atom. The third-order valence-electron chi connectivity index (χ3n) is 3.78. The van der Waals surface area contributed by atoms with Crippen molar-refractivity contribution in [1.29, 1.82) is 0 Å². The van der Waals surface area contributed by atoms with E-state index in [1.807, 2.05) is 0 Å². The maximum absolute atomic E-state index is 12.5. The Balaban J connectivity index is 2.24. The van der Waals surface area contributed by atoms with Gasteiger partial charge in [0, 0.05) is 16.5 Å². The molecule has 9 heteroatoms. The monoisotopic (exact) mass is 396 g/mol. The van der Waals surface area contributed by atoms with E-state index in [0.717, 1.165) is 0 Å². The highest BCUT2D eigenvalue weighted by molar-refractivity contribution is 7.89. The summed E-state index contributed by atoms with van der Waals surface area (Å²) in [7, 11) is -3.74. The zero-order valence-corrected chi connectivity index (χ0v) is 15.7. The summed E-state index contributed by atoms with van der Waals surface area (Å²) in [5, 5.41) is 10.5. The van der Waals surface area contributed by atoms with Crippen LogP contribution in [0.3, 0.4) is 0 Å². The predicted molar refractivity (Wildman–Crippen MR) is 97.6 cm³/mol. The first-order valence-corrected chi connectivity index (χ1v) is 9.50. The standard InChI is InChI=1S/C17H17ClN2O5S/c1-11-5-3-4-6-17(11)26(24,25)19-12(2)13-7-8-14(15(18)9-13)16(21)10-20(22)23/h3-9,12,19H,10H2,1-2H3. The van der Waals surface area contributed by atoms with Crippen LogP contribution in [0.2, 0.25) is 5.02 Å². The highest BCUT2D eigenvalue weighted by atomic mass is 35.5. The van der Waals surface area contributed by atoms with Gasteiger partial charge in [-0.1, -0.05) is 35.9 Å². The lowest BCUT2D eigenvalue weighted by Gasteiger charge is -2.16. The number of nitrogens with zero attached hydrogens (tertiary/aromatic N) is 1. The molecule has 0 bridgehead atoms. The second-order valence-corrected chi connectivity index (χ2v) is 7.85. The number of carbonyl (C=O) groups excluding carboxylic acids is 1. The van der Waals surface area contributed by atoms with E-state index < -0.39 is 33.3 Å². The van der Waals surface area contributed by atoms with Crippen LogP contribution in [0, 0.1) is 17.0 Å². The molecule has 1 atom stereocenters. The van der Waals surface area contributed by atoms with Gasteiger partial charge in [-0.15, -0.1) is 0 Å². The maximum Gasteiger partial charge on any atom is 0.265 e. The summed E-state index contributed by atoms with van der Waals surface area (Å²) in [4.78, 5) is 21.7. The normalized spacial score (nSPS) is 12.6. The molecule has 138 valence electrons. The van der Waals surface area contributed by atoms with Crippen molar-refractivity contribution < 1.29 is 18.1 Å². The van der Waals surface area contributed by atoms with Crippen LogP contribution < -0.4 is 4.72 Å². The molecule has 1 N–H and O–H groups in total. The number of nitrogens with one attached hydrogen (secondary N) is 1. The van der Waals surface area contributed by atoms with Gasteiger partial charge >= 0.3 is 0 Å². The molecule has 0 aliphatic carbocycles. The lowest BCUT2D eigenvalue weighted by atomic mass is 10.0. The van der Waals surface area contributed by atoms with Crippen molar-refractivity contribution in [3.05, 3.63) is 74.3 Å². The number of hydrogen-bond donors (Lipinski definition) is 1. The van der Waals surface area contributed by atoms with Gasteiger partial charge < -0.3 is 0 Å². The molecule has 0 saturated heterocycles. The third-order valence-corrected chi connectivity index (χ3v) is 5.79. The summed E-state index contributed by atoms with van der Waals surface area (Å²) in [6, 6.07) is 10.3. The lowest BCUT2D eigenvalue weighted by molar-refractivity contribution is -0.465. The van der Waals surface area contributed by atoms with Gasteiger partial charge in [-0.05, 0) is 43.2 Å². The van der Waals surface area contributed by atoms with Crippen LogP contribution in [0.5, 0.6) is 0 Å². The number of carbonyl (C=O) groups is 1. The largest absolute Gasteiger partial charge is 0.287 e. The van der Waals surface area contributed by atoms with Gasteiger partial charge in [0.05, 0.1) is 9.92 Å². The molecule has 2 aromatic carbocycles. The Kier molecular flexibility index (Phi) is 6.12. The van der Waals surface area contributed by atoms with Crippen LogP contribution in [0.15, 0.2) is 47.4 Å². The fraction of sp³-hybridized carbons (Fsp3) is 0.235. The molecule has 2 aromatic rings. The van der Waals surface area contributed by atoms with Crippen LogP contribution >= 0.6 is 11.6 Å². The average Bonchev–Trinajstić information content (AvgIpc) is 2.53. The van der Waals surface area contributed by atoms with Gasteiger partial charge in [0.1, 0.15) is 0 Å². The molecular formula is C17H17ClN2O5S. The van der Waals surface area contributed by atoms with Crippen molar-refractivity contribution in [3.63, 3.8) is 0 Å². The van der Waals surface area contributed by atoms with Crippen molar-refractivity contribution in [2.24, 2.45) is 0 Å². The quantitative estimate of drug-likeness (QED) is 0.439. The Bertz CT molecular complexity index is 959. The minimum absolute atomic E-state index is 0.0288. The first-order chi connectivity index (χ1) is 12.1. The maximum atomic E-state index is 12.5. The lowest BCUT2D eigenvalue weighted by Crippen LogP contribution is -2.27. The summed E-state index contributed by atoms with van der Waals surface area (Å²) in [6.45, 7) is 2.49. The SMILES string of the molecule is Cc1ccccc1S(=O)(=O)NC(C)c1ccc(C(=O)C[N+](=O)[O-])c(Cl)c1. The fourth-order valence-electron chi connectivity index (χ4n) is 2.45. The highest BCUT2D eigenvalue weighted by Crippen LogP contribution is 2.24. The van der Waals surface area contributed by atoms with E-state index in [2.05, 4.69) is 4.72 Å². The van der Waals surface area contributed by atoms with E-state index in [1.54, 1.807) is 32.0 Å². The van der Waals surface area contributed by atoms with Crippen molar-refractivity contribution >= 4 is 27.4 Å². The number of benzene rings is 2. The second kappa shape index (κ2) is 7.94. The Morgan fingerprint density at radius 2 is 1.92 bits per heavy atom. The van der Waals surface area contributed by atoms with E-state index >= 15 is 0 Å². The molecule has 1 unspecified atom stereocenters. The highest BCUT2D eigenvalue weighted by Gasteiger charge is 2.22. The molecule has 0 radical (unpaired) electrons. The third kappa shape index (κ3) is 4.66. The van der Waals surface area contributed by atoms with Gasteiger partial charge in [-0.3, -0.25) is 14.9 Å². The molecule has 7 nitrogen and oxygen atoms in total. The zero-order chi connectivity index (χ0) is 19.5. The number of Topliss-reactive ketones (excluding diaryl/α,β-unsaturated/α-hetero) is 1. The van der Waals surface area contributed by atoms with Gasteiger partial charge in [0.25, 0.3) is 6.54 Å². The van der Waals surface area contributed by atoms with Crippen molar-refractivity contribution in [2.45, 2.75) is 24.8 Å². The molecule has 2 rings (SSSR count). The topological polar surface area (TPSA) is 106 Å². The van der Waals surface area contributed by atoms with Gasteiger partial charge in [-0.2, -0.15) is 0 Å². The number of sulfonamides is 1. The molecule has 0 aromatic heterocycles. The molecule has 0 saturated carbocycles. The average molecular weight is 397 g/mol. The molecule has 0 aliphatic heterocycles. The number of aryl methyl sites for hydroxylation is 1. The van der Waals surface area contributed by atoms with E-state index in [4.69, 9.17) is 11.6 Å². The van der Waals surface area contributed by atoms with Crippen LogP contribution in [-0.2, 0) is 10.0 Å². The van der Waals surface area contributed by atoms with Crippen molar-refractivity contribution in [1.82, 2.24) is 4.72 Å². The molecular weight excluding hydrogens is 380 g/mol. The van der Waals surface area contributed by atoms with Crippen molar-refractivity contribution in [2.75, 3.05) is 6.54 Å². The Hall–Kier alpha value is -2.29. The first-order valence-electron chi connectivity index (χ1n) is 7.64. The second-order valence-electron chi connectivity index (χ2n) is 5.76. The molecule has 0 amide bonds. The van der Waals surface area contributed by atoms with Crippen LogP contribution in [0.1, 0.15) is 34.5 Å². The van der Waals surface area contributed by atoms with E-state index in [0.29, 0.717) is 11.1 Å². The summed E-state index contributed by atoms with van der Waals surface area (Å²) in [5.74, 6) is -0.709. The fourth-order valence-corrected chi connectivity index (χ4v) is 4.22. The first kappa shape index (κ1) is 20.0. The minimum atomic E-state index is -3.74. The molecule has 0 spiro atoms. The van der Waals surface area contributed by atoms with E-state index in [-0.39, 0.29) is 15.5 Å². The predicted octanol–water partition coefficient (Wildman–Crippen LogP) is 3.15. The zero-order valence-electron chi connectivity index (χ0n) is 14.1. The van der Waals surface area contributed by atoms with Crippen molar-refractivity contribution in [3.8, 4) is 0 Å². The Labute approximate surface area is 156 Å².